The molecule has 0 saturated heterocycles. The fourth-order valence-electron chi connectivity index (χ4n) is 1.74. The van der Waals surface area contributed by atoms with Gasteiger partial charge in [0.2, 0.25) is 5.60 Å². The molecule has 3 rings (SSSR count). The van der Waals surface area contributed by atoms with Crippen molar-refractivity contribution < 1.29 is 14.3 Å². The number of hydrogen-bond donors (Lipinski definition) is 1. The Labute approximate surface area is 107 Å². The first-order chi connectivity index (χ1) is 8.62. The third-order valence-electron chi connectivity index (χ3n) is 2.83. The molecule has 90 valence electrons. The summed E-state index contributed by atoms with van der Waals surface area (Å²) >= 11 is 1.54. The first-order valence-corrected chi connectivity index (χ1v) is 6.20. The van der Waals surface area contributed by atoms with Gasteiger partial charge >= 0.3 is 5.97 Å². The van der Waals surface area contributed by atoms with Crippen molar-refractivity contribution in [2.45, 2.75) is 5.60 Å². The SMILES string of the molecule is NC(=O)C1(OC(=O)c2cccc3sccc23)C=C1. The summed E-state index contributed by atoms with van der Waals surface area (Å²) in [5, 5.41) is 2.73. The number of amides is 1. The number of nitrogens with two attached hydrogens (primary N) is 1. The Balaban J connectivity index is 1.93. The average molecular weight is 259 g/mol. The smallest absolute Gasteiger partial charge is 0.340 e. The number of thiophene rings is 1. The van der Waals surface area contributed by atoms with Crippen LogP contribution < -0.4 is 5.73 Å². The molecule has 1 heterocycles. The standard InChI is InChI=1S/C13H9NO3S/c14-12(16)13(5-6-13)17-11(15)9-2-1-3-10-8(9)4-7-18-10/h1-7H,(H2,14,16). The predicted molar refractivity (Wildman–Crippen MR) is 68.3 cm³/mol. The van der Waals surface area contributed by atoms with Crippen LogP contribution in [0.15, 0.2) is 41.8 Å². The van der Waals surface area contributed by atoms with Crippen LogP contribution in [-0.2, 0) is 9.53 Å². The molecule has 0 spiro atoms. The predicted octanol–water partition coefficient (Wildman–Crippen LogP) is 1.85. The summed E-state index contributed by atoms with van der Waals surface area (Å²) in [7, 11) is 0. The van der Waals surface area contributed by atoms with E-state index in [0.717, 1.165) is 10.1 Å². The van der Waals surface area contributed by atoms with Gasteiger partial charge in [0.1, 0.15) is 0 Å². The normalized spacial score (nSPS) is 15.6. The van der Waals surface area contributed by atoms with E-state index in [0.29, 0.717) is 5.56 Å². The van der Waals surface area contributed by atoms with Crippen LogP contribution in [0.4, 0.5) is 0 Å². The van der Waals surface area contributed by atoms with Gasteiger partial charge in [-0.15, -0.1) is 11.3 Å². The number of carbonyl (C=O) groups excluding carboxylic acids is 2. The molecule has 0 aliphatic heterocycles. The topological polar surface area (TPSA) is 69.4 Å². The summed E-state index contributed by atoms with van der Waals surface area (Å²) in [5.41, 5.74) is 4.31. The molecule has 5 heteroatoms. The van der Waals surface area contributed by atoms with Gasteiger partial charge < -0.3 is 10.5 Å². The lowest BCUT2D eigenvalue weighted by atomic mass is 10.1. The van der Waals surface area contributed by atoms with Crippen LogP contribution in [0.1, 0.15) is 10.4 Å². The zero-order valence-corrected chi connectivity index (χ0v) is 10.1. The van der Waals surface area contributed by atoms with E-state index in [2.05, 4.69) is 0 Å². The number of primary amides is 1. The number of hydrogen-bond acceptors (Lipinski definition) is 4. The summed E-state index contributed by atoms with van der Waals surface area (Å²) in [5.74, 6) is -1.21. The lowest BCUT2D eigenvalue weighted by molar-refractivity contribution is -0.127. The monoisotopic (exact) mass is 259 g/mol. The number of esters is 1. The summed E-state index contributed by atoms with van der Waals surface area (Å²) in [6.45, 7) is 0. The summed E-state index contributed by atoms with van der Waals surface area (Å²) in [6, 6.07) is 7.24. The van der Waals surface area contributed by atoms with Gasteiger partial charge in [0, 0.05) is 10.1 Å². The van der Waals surface area contributed by atoms with Crippen molar-refractivity contribution in [2.24, 2.45) is 5.73 Å². The van der Waals surface area contributed by atoms with Gasteiger partial charge in [-0.05, 0) is 35.7 Å². The van der Waals surface area contributed by atoms with Crippen LogP contribution in [0.5, 0.6) is 0 Å². The Morgan fingerprint density at radius 1 is 1.22 bits per heavy atom. The Bertz CT molecular complexity index is 680. The van der Waals surface area contributed by atoms with E-state index >= 15 is 0 Å². The molecule has 1 aliphatic rings. The van der Waals surface area contributed by atoms with E-state index in [1.54, 1.807) is 23.5 Å². The number of rotatable bonds is 3. The van der Waals surface area contributed by atoms with Gasteiger partial charge in [0.25, 0.3) is 5.91 Å². The van der Waals surface area contributed by atoms with Crippen LogP contribution >= 0.6 is 11.3 Å². The fraction of sp³-hybridized carbons (Fsp3) is 0.0769. The minimum absolute atomic E-state index is 0.447. The summed E-state index contributed by atoms with van der Waals surface area (Å²) in [4.78, 5) is 23.2. The lowest BCUT2D eigenvalue weighted by Crippen LogP contribution is -2.36. The summed E-state index contributed by atoms with van der Waals surface area (Å²) < 4.78 is 6.16. The van der Waals surface area contributed by atoms with Crippen molar-refractivity contribution >= 4 is 33.3 Å². The molecule has 4 nitrogen and oxygen atoms in total. The third kappa shape index (κ3) is 1.60. The maximum absolute atomic E-state index is 12.1. The maximum Gasteiger partial charge on any atom is 0.340 e. The zero-order chi connectivity index (χ0) is 12.8. The molecule has 1 aromatic carbocycles. The van der Waals surface area contributed by atoms with Gasteiger partial charge in [-0.25, -0.2) is 4.79 Å². The van der Waals surface area contributed by atoms with Gasteiger partial charge in [-0.2, -0.15) is 0 Å². The average Bonchev–Trinajstić information content (AvgIpc) is 2.97. The number of ether oxygens (including phenoxy) is 1. The third-order valence-corrected chi connectivity index (χ3v) is 3.71. The van der Waals surface area contributed by atoms with Crippen LogP contribution in [0.25, 0.3) is 10.1 Å². The molecule has 2 aromatic rings. The molecule has 0 unspecified atom stereocenters. The van der Waals surface area contributed by atoms with Crippen LogP contribution in [0.3, 0.4) is 0 Å². The molecular weight excluding hydrogens is 250 g/mol. The zero-order valence-electron chi connectivity index (χ0n) is 9.25. The van der Waals surface area contributed by atoms with E-state index in [1.807, 2.05) is 17.5 Å². The highest BCUT2D eigenvalue weighted by atomic mass is 32.1. The minimum Gasteiger partial charge on any atom is -0.437 e. The number of carbonyl (C=O) groups is 2. The Morgan fingerprint density at radius 3 is 2.67 bits per heavy atom. The second-order valence-electron chi connectivity index (χ2n) is 4.02. The molecule has 0 radical (unpaired) electrons. The molecule has 18 heavy (non-hydrogen) atoms. The molecule has 0 atom stereocenters. The quantitative estimate of drug-likeness (QED) is 0.675. The molecule has 1 amide bonds. The molecular formula is C13H9NO3S. The van der Waals surface area contributed by atoms with Gasteiger partial charge in [-0.3, -0.25) is 4.79 Å². The van der Waals surface area contributed by atoms with Crippen molar-refractivity contribution in [2.75, 3.05) is 0 Å². The molecule has 1 aliphatic carbocycles. The molecule has 0 saturated carbocycles. The van der Waals surface area contributed by atoms with Crippen molar-refractivity contribution in [1.82, 2.24) is 0 Å². The van der Waals surface area contributed by atoms with Crippen LogP contribution in [-0.4, -0.2) is 17.5 Å². The second-order valence-corrected chi connectivity index (χ2v) is 4.97. The first-order valence-electron chi connectivity index (χ1n) is 5.32. The maximum atomic E-state index is 12.1. The fourth-order valence-corrected chi connectivity index (χ4v) is 2.55. The van der Waals surface area contributed by atoms with Gasteiger partial charge in [0.15, 0.2) is 0 Å². The van der Waals surface area contributed by atoms with Gasteiger partial charge in [-0.1, -0.05) is 6.07 Å². The highest BCUT2D eigenvalue weighted by Gasteiger charge is 2.45. The molecule has 1 aromatic heterocycles. The summed E-state index contributed by atoms with van der Waals surface area (Å²) in [6.07, 6.45) is 2.95. The number of fused-ring (bicyclic) bond motifs is 1. The van der Waals surface area contributed by atoms with Crippen LogP contribution in [0.2, 0.25) is 0 Å². The van der Waals surface area contributed by atoms with Gasteiger partial charge in [0.05, 0.1) is 5.56 Å². The molecule has 2 N–H and O–H groups in total. The van der Waals surface area contributed by atoms with E-state index in [1.165, 1.54) is 12.2 Å². The van der Waals surface area contributed by atoms with Crippen molar-refractivity contribution in [3.63, 3.8) is 0 Å². The van der Waals surface area contributed by atoms with E-state index in [9.17, 15) is 9.59 Å². The second kappa shape index (κ2) is 3.68. The Kier molecular flexibility index (Phi) is 2.24. The highest BCUT2D eigenvalue weighted by molar-refractivity contribution is 7.17. The largest absolute Gasteiger partial charge is 0.437 e. The van der Waals surface area contributed by atoms with Crippen molar-refractivity contribution in [3.8, 4) is 0 Å². The minimum atomic E-state index is -1.31. The lowest BCUT2D eigenvalue weighted by Gasteiger charge is -2.13. The molecule has 0 fully saturated rings. The highest BCUT2D eigenvalue weighted by Crippen LogP contribution is 2.31. The van der Waals surface area contributed by atoms with E-state index < -0.39 is 17.5 Å². The molecule has 0 bridgehead atoms. The first kappa shape index (κ1) is 11.0. The van der Waals surface area contributed by atoms with Crippen molar-refractivity contribution in [1.29, 1.82) is 0 Å². The van der Waals surface area contributed by atoms with E-state index in [-0.39, 0.29) is 0 Å². The van der Waals surface area contributed by atoms with Crippen molar-refractivity contribution in [3.05, 3.63) is 47.4 Å². The van der Waals surface area contributed by atoms with Crippen LogP contribution in [0, 0.1) is 0 Å². The van der Waals surface area contributed by atoms with E-state index in [4.69, 9.17) is 10.5 Å². The number of benzene rings is 1. The Morgan fingerprint density at radius 2 is 2.00 bits per heavy atom. The Hall–Kier alpha value is -2.14.